The Bertz CT molecular complexity index is 680. The third-order valence-electron chi connectivity index (χ3n) is 4.04. The van der Waals surface area contributed by atoms with E-state index in [1.807, 2.05) is 0 Å². The predicted octanol–water partition coefficient (Wildman–Crippen LogP) is 1.76. The second kappa shape index (κ2) is 6.18. The van der Waals surface area contributed by atoms with E-state index in [4.69, 9.17) is 5.11 Å². The van der Waals surface area contributed by atoms with Crippen molar-refractivity contribution >= 4 is 21.8 Å². The van der Waals surface area contributed by atoms with Crippen molar-refractivity contribution in [2.75, 3.05) is 6.54 Å². The van der Waals surface area contributed by atoms with Crippen LogP contribution in [0.2, 0.25) is 0 Å². The number of Topliss-reactive ketones (excluding diaryl/α,β-unsaturated/α-hetero) is 1. The highest BCUT2D eigenvalue weighted by Gasteiger charge is 2.37. The Morgan fingerprint density at radius 2 is 1.77 bits per heavy atom. The van der Waals surface area contributed by atoms with Gasteiger partial charge in [-0.3, -0.25) is 9.59 Å². The Hall–Kier alpha value is -1.73. The second-order valence-electron chi connectivity index (χ2n) is 5.62. The lowest BCUT2D eigenvalue weighted by Crippen LogP contribution is -2.47. The molecule has 0 radical (unpaired) electrons. The van der Waals surface area contributed by atoms with Crippen LogP contribution in [0.4, 0.5) is 0 Å². The highest BCUT2D eigenvalue weighted by Crippen LogP contribution is 2.28. The third-order valence-corrected chi connectivity index (χ3v) is 6.04. The van der Waals surface area contributed by atoms with Gasteiger partial charge >= 0.3 is 5.97 Å². The molecule has 0 spiro atoms. The van der Waals surface area contributed by atoms with Crippen LogP contribution in [-0.2, 0) is 14.8 Å². The van der Waals surface area contributed by atoms with E-state index in [0.29, 0.717) is 18.4 Å². The van der Waals surface area contributed by atoms with Gasteiger partial charge in [0.15, 0.2) is 5.78 Å². The van der Waals surface area contributed by atoms with Gasteiger partial charge in [0.25, 0.3) is 0 Å². The maximum atomic E-state index is 12.7. The summed E-state index contributed by atoms with van der Waals surface area (Å²) in [6.07, 6.45) is 0.994. The van der Waals surface area contributed by atoms with Crippen molar-refractivity contribution in [2.24, 2.45) is 5.92 Å². The summed E-state index contributed by atoms with van der Waals surface area (Å²) >= 11 is 0. The van der Waals surface area contributed by atoms with Gasteiger partial charge in [-0.2, -0.15) is 4.31 Å². The summed E-state index contributed by atoms with van der Waals surface area (Å²) < 4.78 is 26.6. The highest BCUT2D eigenvalue weighted by atomic mass is 32.2. The van der Waals surface area contributed by atoms with Crippen molar-refractivity contribution in [1.82, 2.24) is 4.31 Å². The first-order chi connectivity index (χ1) is 10.2. The number of nitrogens with zero attached hydrogens (tertiary/aromatic N) is 1. The van der Waals surface area contributed by atoms with Crippen LogP contribution in [0, 0.1) is 5.92 Å². The Balaban J connectivity index is 2.31. The number of rotatable bonds is 4. The molecule has 2 atom stereocenters. The molecule has 1 aliphatic heterocycles. The van der Waals surface area contributed by atoms with E-state index in [0.717, 1.165) is 0 Å². The molecular weight excluding hydrogens is 306 g/mol. The van der Waals surface area contributed by atoms with Crippen LogP contribution in [-0.4, -0.2) is 42.2 Å². The minimum absolute atomic E-state index is 0.0205. The van der Waals surface area contributed by atoms with E-state index in [1.54, 1.807) is 6.92 Å². The van der Waals surface area contributed by atoms with E-state index < -0.39 is 21.9 Å². The zero-order chi connectivity index (χ0) is 16.5. The summed E-state index contributed by atoms with van der Waals surface area (Å²) in [5.74, 6) is -1.79. The number of aliphatic carboxylic acids is 1. The molecule has 0 aromatic heterocycles. The quantitative estimate of drug-likeness (QED) is 0.852. The smallest absolute Gasteiger partial charge is 0.307 e. The highest BCUT2D eigenvalue weighted by molar-refractivity contribution is 7.89. The molecule has 0 bridgehead atoms. The summed E-state index contributed by atoms with van der Waals surface area (Å²) in [6.45, 7) is 3.17. The molecule has 1 N–H and O–H groups in total. The molecule has 0 aliphatic carbocycles. The summed E-state index contributed by atoms with van der Waals surface area (Å²) in [5, 5.41) is 9.12. The van der Waals surface area contributed by atoms with Crippen molar-refractivity contribution in [1.29, 1.82) is 0 Å². The first-order valence-corrected chi connectivity index (χ1v) is 8.53. The molecule has 6 nitrogen and oxygen atoms in total. The van der Waals surface area contributed by atoms with E-state index in [9.17, 15) is 18.0 Å². The molecule has 2 unspecified atom stereocenters. The summed E-state index contributed by atoms with van der Waals surface area (Å²) in [5.41, 5.74) is 0.439. The number of carbonyl (C=O) groups is 2. The zero-order valence-corrected chi connectivity index (χ0v) is 13.3. The van der Waals surface area contributed by atoms with Crippen molar-refractivity contribution in [2.45, 2.75) is 37.6 Å². The zero-order valence-electron chi connectivity index (χ0n) is 12.5. The normalized spacial score (nSPS) is 23.2. The Kier molecular flexibility index (Phi) is 4.67. The van der Waals surface area contributed by atoms with E-state index in [-0.39, 0.29) is 23.3 Å². The second-order valence-corrected chi connectivity index (χ2v) is 7.51. The van der Waals surface area contributed by atoms with E-state index >= 15 is 0 Å². The number of carboxylic acids is 1. The number of piperidine rings is 1. The van der Waals surface area contributed by atoms with Crippen molar-refractivity contribution in [3.8, 4) is 0 Å². The minimum Gasteiger partial charge on any atom is -0.481 e. The fourth-order valence-electron chi connectivity index (χ4n) is 2.61. The van der Waals surface area contributed by atoms with Gasteiger partial charge in [0.05, 0.1) is 10.8 Å². The number of carboxylic acid groups (broad SMARTS) is 1. The molecule has 1 aliphatic rings. The molecular formula is C15H19NO5S. The van der Waals surface area contributed by atoms with Crippen LogP contribution in [0.1, 0.15) is 37.0 Å². The monoisotopic (exact) mass is 325 g/mol. The van der Waals surface area contributed by atoms with Gasteiger partial charge in [-0.1, -0.05) is 12.1 Å². The average molecular weight is 325 g/mol. The molecule has 22 heavy (non-hydrogen) atoms. The van der Waals surface area contributed by atoms with E-state index in [2.05, 4.69) is 0 Å². The standard InChI is InChI=1S/C15H19NO5S/c1-10-3-4-13(15(18)19)9-16(10)22(20,21)14-7-5-12(6-8-14)11(2)17/h5-8,10,13H,3-4,9H2,1-2H3,(H,18,19). The van der Waals surface area contributed by atoms with Gasteiger partial charge in [0.2, 0.25) is 10.0 Å². The van der Waals surface area contributed by atoms with Gasteiger partial charge in [0.1, 0.15) is 0 Å². The Labute approximate surface area is 129 Å². The first kappa shape index (κ1) is 16.6. The SMILES string of the molecule is CC(=O)c1ccc(S(=O)(=O)N2CC(C(=O)O)CCC2C)cc1. The molecule has 1 heterocycles. The van der Waals surface area contributed by atoms with Gasteiger partial charge in [-0.15, -0.1) is 0 Å². The Morgan fingerprint density at radius 1 is 1.18 bits per heavy atom. The van der Waals surface area contributed by atoms with Gasteiger partial charge < -0.3 is 5.11 Å². The molecule has 1 aromatic rings. The topological polar surface area (TPSA) is 91.8 Å². The lowest BCUT2D eigenvalue weighted by Gasteiger charge is -2.35. The van der Waals surface area contributed by atoms with E-state index in [1.165, 1.54) is 35.5 Å². The number of benzene rings is 1. The molecule has 0 amide bonds. The fourth-order valence-corrected chi connectivity index (χ4v) is 4.31. The number of carbonyl (C=O) groups excluding carboxylic acids is 1. The summed E-state index contributed by atoms with van der Waals surface area (Å²) in [4.78, 5) is 22.5. The third kappa shape index (κ3) is 3.20. The van der Waals surface area contributed by atoms with Gasteiger partial charge in [-0.05, 0) is 38.8 Å². The summed E-state index contributed by atoms with van der Waals surface area (Å²) in [6, 6.07) is 5.48. The van der Waals surface area contributed by atoms with Crippen LogP contribution in [0.15, 0.2) is 29.2 Å². The van der Waals surface area contributed by atoms with Crippen molar-refractivity contribution in [3.63, 3.8) is 0 Å². The molecule has 1 aromatic carbocycles. The van der Waals surface area contributed by atoms with Crippen LogP contribution in [0.5, 0.6) is 0 Å². The molecule has 120 valence electrons. The lowest BCUT2D eigenvalue weighted by molar-refractivity contribution is -0.143. The van der Waals surface area contributed by atoms with Crippen LogP contribution < -0.4 is 0 Å². The maximum absolute atomic E-state index is 12.7. The maximum Gasteiger partial charge on any atom is 0.307 e. The van der Waals surface area contributed by atoms with Gasteiger partial charge in [0, 0.05) is 18.2 Å². The van der Waals surface area contributed by atoms with Crippen molar-refractivity contribution < 1.29 is 23.1 Å². The van der Waals surface area contributed by atoms with Crippen molar-refractivity contribution in [3.05, 3.63) is 29.8 Å². The number of hydrogen-bond acceptors (Lipinski definition) is 4. The summed E-state index contributed by atoms with van der Waals surface area (Å²) in [7, 11) is -3.76. The Morgan fingerprint density at radius 3 is 2.27 bits per heavy atom. The van der Waals surface area contributed by atoms with Gasteiger partial charge in [-0.25, -0.2) is 8.42 Å². The number of ketones is 1. The molecule has 1 fully saturated rings. The fraction of sp³-hybridized carbons (Fsp3) is 0.467. The number of sulfonamides is 1. The molecule has 2 rings (SSSR count). The molecule has 7 heteroatoms. The predicted molar refractivity (Wildman–Crippen MR) is 80.2 cm³/mol. The van der Waals surface area contributed by atoms with Crippen LogP contribution >= 0.6 is 0 Å². The molecule has 1 saturated heterocycles. The van der Waals surface area contributed by atoms with Crippen LogP contribution in [0.3, 0.4) is 0 Å². The van der Waals surface area contributed by atoms with Crippen LogP contribution in [0.25, 0.3) is 0 Å². The first-order valence-electron chi connectivity index (χ1n) is 7.09. The average Bonchev–Trinajstić information content (AvgIpc) is 2.47. The largest absolute Gasteiger partial charge is 0.481 e. The minimum atomic E-state index is -3.76. The number of hydrogen-bond donors (Lipinski definition) is 1. The lowest BCUT2D eigenvalue weighted by atomic mass is 9.96. The molecule has 0 saturated carbocycles.